The van der Waals surface area contributed by atoms with E-state index in [1.165, 1.54) is 12.7 Å². The van der Waals surface area contributed by atoms with Gasteiger partial charge in [-0.1, -0.05) is 0 Å². The van der Waals surface area contributed by atoms with Crippen LogP contribution in [-0.2, 0) is 4.74 Å². The second kappa shape index (κ2) is 6.21. The van der Waals surface area contributed by atoms with Gasteiger partial charge in [-0.2, -0.15) is 0 Å². The predicted molar refractivity (Wildman–Crippen MR) is 77.8 cm³/mol. The van der Waals surface area contributed by atoms with Gasteiger partial charge in [0.05, 0.1) is 18.1 Å². The van der Waals surface area contributed by atoms with Crippen LogP contribution < -0.4 is 9.80 Å². The molecular formula is C13H19N5O3. The summed E-state index contributed by atoms with van der Waals surface area (Å²) in [5.41, 5.74) is 0.0290. The number of ether oxygens (including phenoxy) is 1. The van der Waals surface area contributed by atoms with Crippen molar-refractivity contribution < 1.29 is 9.66 Å². The number of piperidine rings is 1. The second-order valence-corrected chi connectivity index (χ2v) is 5.27. The molecule has 1 aromatic heterocycles. The van der Waals surface area contributed by atoms with Gasteiger partial charge in [0.1, 0.15) is 6.33 Å². The zero-order valence-electron chi connectivity index (χ0n) is 11.9. The highest BCUT2D eigenvalue weighted by Gasteiger charge is 2.31. The average Bonchev–Trinajstić information content (AvgIpc) is 2.55. The Labute approximate surface area is 122 Å². The lowest BCUT2D eigenvalue weighted by atomic mass is 10.1. The molecule has 0 amide bonds. The number of hydrogen-bond donors (Lipinski definition) is 0. The summed E-state index contributed by atoms with van der Waals surface area (Å²) in [4.78, 5) is 23.5. The van der Waals surface area contributed by atoms with Gasteiger partial charge in [0.15, 0.2) is 0 Å². The van der Waals surface area contributed by atoms with Crippen LogP contribution in [0.4, 0.5) is 17.3 Å². The number of rotatable bonds is 3. The van der Waals surface area contributed by atoms with E-state index in [2.05, 4.69) is 9.97 Å². The lowest BCUT2D eigenvalue weighted by Crippen LogP contribution is -2.38. The summed E-state index contributed by atoms with van der Waals surface area (Å²) in [7, 11) is 0. The number of nitrogens with zero attached hydrogens (tertiary/aromatic N) is 5. The first-order chi connectivity index (χ1) is 10.3. The van der Waals surface area contributed by atoms with E-state index in [0.29, 0.717) is 37.9 Å². The Morgan fingerprint density at radius 1 is 1.00 bits per heavy atom. The maximum atomic E-state index is 11.6. The summed E-state index contributed by atoms with van der Waals surface area (Å²) >= 11 is 0. The molecule has 0 atom stereocenters. The van der Waals surface area contributed by atoms with Crippen LogP contribution in [0, 0.1) is 10.1 Å². The molecule has 0 spiro atoms. The molecular weight excluding hydrogens is 274 g/mol. The first-order valence-electron chi connectivity index (χ1n) is 7.34. The zero-order chi connectivity index (χ0) is 14.7. The van der Waals surface area contributed by atoms with Gasteiger partial charge in [-0.15, -0.1) is 0 Å². The fourth-order valence-electron chi connectivity index (χ4n) is 2.87. The van der Waals surface area contributed by atoms with Crippen LogP contribution in [0.1, 0.15) is 19.3 Å². The molecule has 2 aliphatic heterocycles. The third-order valence-electron chi connectivity index (χ3n) is 3.93. The molecule has 114 valence electrons. The van der Waals surface area contributed by atoms with Gasteiger partial charge in [0.25, 0.3) is 0 Å². The van der Waals surface area contributed by atoms with E-state index in [9.17, 15) is 10.1 Å². The van der Waals surface area contributed by atoms with Crippen molar-refractivity contribution in [3.8, 4) is 0 Å². The lowest BCUT2D eigenvalue weighted by molar-refractivity contribution is -0.383. The smallest absolute Gasteiger partial charge is 0.353 e. The maximum absolute atomic E-state index is 11.6. The van der Waals surface area contributed by atoms with Gasteiger partial charge < -0.3 is 14.5 Å². The van der Waals surface area contributed by atoms with E-state index in [-0.39, 0.29) is 10.6 Å². The Hall–Kier alpha value is -1.96. The second-order valence-electron chi connectivity index (χ2n) is 5.27. The molecule has 0 saturated carbocycles. The molecule has 0 aromatic carbocycles. The van der Waals surface area contributed by atoms with Gasteiger partial charge in [0, 0.05) is 26.2 Å². The molecule has 8 nitrogen and oxygen atoms in total. The molecule has 0 radical (unpaired) electrons. The number of anilines is 2. The summed E-state index contributed by atoms with van der Waals surface area (Å²) in [5, 5.41) is 11.6. The summed E-state index contributed by atoms with van der Waals surface area (Å²) < 4.78 is 5.30. The van der Waals surface area contributed by atoms with Crippen molar-refractivity contribution in [1.29, 1.82) is 0 Å². The van der Waals surface area contributed by atoms with E-state index in [0.717, 1.165) is 25.9 Å². The minimum atomic E-state index is -0.352. The van der Waals surface area contributed by atoms with Gasteiger partial charge in [-0.3, -0.25) is 10.1 Å². The van der Waals surface area contributed by atoms with E-state index in [4.69, 9.17) is 4.74 Å². The van der Waals surface area contributed by atoms with E-state index < -0.39 is 0 Å². The van der Waals surface area contributed by atoms with E-state index in [1.807, 2.05) is 9.80 Å². The molecule has 1 aromatic rings. The molecule has 0 N–H and O–H groups in total. The molecule has 2 aliphatic rings. The average molecular weight is 293 g/mol. The Kier molecular flexibility index (Phi) is 4.14. The summed E-state index contributed by atoms with van der Waals surface area (Å²) in [6, 6.07) is 0. The summed E-state index contributed by atoms with van der Waals surface area (Å²) in [5.74, 6) is 0.870. The standard InChI is InChI=1S/C13H19N5O3/c19-18(20)11-12(16-4-2-1-3-5-16)14-10-15-13(11)17-6-8-21-9-7-17/h10H,1-9H2. The topological polar surface area (TPSA) is 84.6 Å². The third-order valence-corrected chi connectivity index (χ3v) is 3.93. The maximum Gasteiger partial charge on any atom is 0.353 e. The Bertz CT molecular complexity index is 476. The Morgan fingerprint density at radius 2 is 1.57 bits per heavy atom. The monoisotopic (exact) mass is 293 g/mol. The third kappa shape index (κ3) is 2.90. The van der Waals surface area contributed by atoms with Gasteiger partial charge in [-0.25, -0.2) is 9.97 Å². The number of aromatic nitrogens is 2. The van der Waals surface area contributed by atoms with Gasteiger partial charge in [-0.05, 0) is 19.3 Å². The molecule has 0 bridgehead atoms. The first-order valence-corrected chi connectivity index (χ1v) is 7.34. The van der Waals surface area contributed by atoms with Crippen molar-refractivity contribution in [3.63, 3.8) is 0 Å². The van der Waals surface area contributed by atoms with Crippen LogP contribution in [0.2, 0.25) is 0 Å². The largest absolute Gasteiger partial charge is 0.378 e. The van der Waals surface area contributed by atoms with Crippen molar-refractivity contribution in [2.24, 2.45) is 0 Å². The zero-order valence-corrected chi connectivity index (χ0v) is 11.9. The number of morpholine rings is 1. The van der Waals surface area contributed by atoms with Crippen LogP contribution in [-0.4, -0.2) is 54.3 Å². The highest BCUT2D eigenvalue weighted by atomic mass is 16.6. The molecule has 3 heterocycles. The number of nitro groups is 1. The molecule has 2 saturated heterocycles. The predicted octanol–water partition coefficient (Wildman–Crippen LogP) is 1.21. The molecule has 3 rings (SSSR count). The highest BCUT2D eigenvalue weighted by molar-refractivity contribution is 5.71. The fraction of sp³-hybridized carbons (Fsp3) is 0.692. The minimum absolute atomic E-state index is 0.0290. The van der Waals surface area contributed by atoms with Crippen molar-refractivity contribution in [2.75, 3.05) is 49.2 Å². The van der Waals surface area contributed by atoms with Crippen LogP contribution in [0.5, 0.6) is 0 Å². The summed E-state index contributed by atoms with van der Waals surface area (Å²) in [6.07, 6.45) is 4.70. The normalized spacial score (nSPS) is 19.6. The van der Waals surface area contributed by atoms with Gasteiger partial charge in [0.2, 0.25) is 11.6 Å². The lowest BCUT2D eigenvalue weighted by Gasteiger charge is -2.30. The fourth-order valence-corrected chi connectivity index (χ4v) is 2.87. The Balaban J connectivity index is 1.97. The van der Waals surface area contributed by atoms with Crippen molar-refractivity contribution >= 4 is 17.3 Å². The van der Waals surface area contributed by atoms with E-state index >= 15 is 0 Å². The molecule has 0 unspecified atom stereocenters. The van der Waals surface area contributed by atoms with Gasteiger partial charge >= 0.3 is 5.69 Å². The molecule has 21 heavy (non-hydrogen) atoms. The Morgan fingerprint density at radius 3 is 2.14 bits per heavy atom. The molecule has 0 aliphatic carbocycles. The minimum Gasteiger partial charge on any atom is -0.378 e. The van der Waals surface area contributed by atoms with Crippen LogP contribution in [0.3, 0.4) is 0 Å². The van der Waals surface area contributed by atoms with E-state index in [1.54, 1.807) is 0 Å². The SMILES string of the molecule is O=[N+]([O-])c1c(N2CCCCC2)ncnc1N1CCOCC1. The van der Waals surface area contributed by atoms with Crippen molar-refractivity contribution in [2.45, 2.75) is 19.3 Å². The summed E-state index contributed by atoms with van der Waals surface area (Å²) in [6.45, 7) is 4.02. The van der Waals surface area contributed by atoms with Crippen LogP contribution in [0.25, 0.3) is 0 Å². The molecule has 8 heteroatoms. The highest BCUT2D eigenvalue weighted by Crippen LogP contribution is 2.35. The van der Waals surface area contributed by atoms with Crippen molar-refractivity contribution in [1.82, 2.24) is 9.97 Å². The quantitative estimate of drug-likeness (QED) is 0.611. The van der Waals surface area contributed by atoms with Crippen molar-refractivity contribution in [3.05, 3.63) is 16.4 Å². The van der Waals surface area contributed by atoms with Crippen LogP contribution in [0.15, 0.2) is 6.33 Å². The molecule has 2 fully saturated rings. The van der Waals surface area contributed by atoms with Crippen LogP contribution >= 0.6 is 0 Å². The first kappa shape index (κ1) is 14.0. The number of hydrogen-bond acceptors (Lipinski definition) is 7.